The predicted molar refractivity (Wildman–Crippen MR) is 89.7 cm³/mol. The Kier molecular flexibility index (Phi) is 4.73. The van der Waals surface area contributed by atoms with E-state index in [-0.39, 0.29) is 6.04 Å². The highest BCUT2D eigenvalue weighted by molar-refractivity contribution is 7.89. The summed E-state index contributed by atoms with van der Waals surface area (Å²) in [5.41, 5.74) is 2.17. The largest absolute Gasteiger partial charge is 0.382 e. The Bertz CT molecular complexity index is 620. The second-order valence-electron chi connectivity index (χ2n) is 6.73. The molecule has 1 aromatic carbocycles. The molecule has 1 aliphatic carbocycles. The average molecular weight is 322 g/mol. The second-order valence-corrected chi connectivity index (χ2v) is 8.45. The quantitative estimate of drug-likeness (QED) is 0.896. The van der Waals surface area contributed by atoms with E-state index in [1.54, 1.807) is 6.07 Å². The van der Waals surface area contributed by atoms with Crippen LogP contribution in [-0.2, 0) is 16.4 Å². The van der Waals surface area contributed by atoms with Crippen LogP contribution in [0.2, 0.25) is 0 Å². The molecule has 3 rings (SSSR count). The van der Waals surface area contributed by atoms with Crippen molar-refractivity contribution in [3.05, 3.63) is 23.8 Å². The molecular formula is C17H26N2O2S. The van der Waals surface area contributed by atoms with Crippen molar-refractivity contribution in [1.82, 2.24) is 4.72 Å². The van der Waals surface area contributed by atoms with E-state index in [2.05, 4.69) is 17.0 Å². The molecule has 2 aliphatic rings. The van der Waals surface area contributed by atoms with Crippen molar-refractivity contribution in [2.45, 2.75) is 75.3 Å². The first-order valence-corrected chi connectivity index (χ1v) is 9.95. The summed E-state index contributed by atoms with van der Waals surface area (Å²) in [6.45, 7) is 2.11. The molecule has 0 unspecified atom stereocenters. The van der Waals surface area contributed by atoms with E-state index in [9.17, 15) is 8.42 Å². The van der Waals surface area contributed by atoms with Crippen LogP contribution in [0.5, 0.6) is 0 Å². The maximum absolute atomic E-state index is 12.6. The molecule has 0 radical (unpaired) electrons. The smallest absolute Gasteiger partial charge is 0.240 e. The number of sulfonamides is 1. The lowest BCUT2D eigenvalue weighted by Gasteiger charge is -2.21. The number of hydrogen-bond donors (Lipinski definition) is 2. The fraction of sp³-hybridized carbons (Fsp3) is 0.647. The van der Waals surface area contributed by atoms with Crippen LogP contribution >= 0.6 is 0 Å². The molecule has 0 aromatic heterocycles. The van der Waals surface area contributed by atoms with Gasteiger partial charge in [-0.15, -0.1) is 0 Å². The van der Waals surface area contributed by atoms with Gasteiger partial charge < -0.3 is 5.32 Å². The van der Waals surface area contributed by atoms with Gasteiger partial charge in [-0.3, -0.25) is 0 Å². The molecule has 1 heterocycles. The van der Waals surface area contributed by atoms with E-state index >= 15 is 0 Å². The Morgan fingerprint density at radius 2 is 1.77 bits per heavy atom. The summed E-state index contributed by atoms with van der Waals surface area (Å²) < 4.78 is 28.2. The number of nitrogens with one attached hydrogen (secondary N) is 2. The Balaban J connectivity index is 1.74. The Labute approximate surface area is 133 Å². The van der Waals surface area contributed by atoms with Gasteiger partial charge in [-0.2, -0.15) is 0 Å². The van der Waals surface area contributed by atoms with Gasteiger partial charge in [0.1, 0.15) is 0 Å². The first-order valence-electron chi connectivity index (χ1n) is 8.46. The first kappa shape index (κ1) is 15.8. The SMILES string of the molecule is C[C@@H]1Cc2cc(S(=O)(=O)NC3CCCCCCC3)ccc2N1. The second kappa shape index (κ2) is 6.59. The van der Waals surface area contributed by atoms with Crippen LogP contribution in [-0.4, -0.2) is 20.5 Å². The molecule has 0 saturated heterocycles. The number of rotatable bonds is 3. The lowest BCUT2D eigenvalue weighted by molar-refractivity contribution is 0.426. The highest BCUT2D eigenvalue weighted by Gasteiger charge is 2.23. The molecule has 0 spiro atoms. The highest BCUT2D eigenvalue weighted by atomic mass is 32.2. The average Bonchev–Trinajstić information content (AvgIpc) is 2.80. The molecule has 1 atom stereocenters. The zero-order valence-corrected chi connectivity index (χ0v) is 14.1. The van der Waals surface area contributed by atoms with Crippen LogP contribution in [0, 0.1) is 0 Å². The zero-order chi connectivity index (χ0) is 15.6. The zero-order valence-electron chi connectivity index (χ0n) is 13.3. The van der Waals surface area contributed by atoms with Gasteiger partial charge in [0, 0.05) is 17.8 Å². The van der Waals surface area contributed by atoms with Crippen LogP contribution < -0.4 is 10.0 Å². The summed E-state index contributed by atoms with van der Waals surface area (Å²) in [4.78, 5) is 0.407. The summed E-state index contributed by atoms with van der Waals surface area (Å²) in [5, 5.41) is 3.36. The fourth-order valence-corrected chi connectivity index (χ4v) is 4.91. The van der Waals surface area contributed by atoms with Gasteiger partial charge >= 0.3 is 0 Å². The molecule has 1 aliphatic heterocycles. The van der Waals surface area contributed by atoms with Crippen LogP contribution in [0.15, 0.2) is 23.1 Å². The van der Waals surface area contributed by atoms with E-state index in [4.69, 9.17) is 0 Å². The minimum atomic E-state index is -3.40. The monoisotopic (exact) mass is 322 g/mol. The maximum atomic E-state index is 12.6. The van der Waals surface area contributed by atoms with Gasteiger partial charge in [-0.1, -0.05) is 32.1 Å². The third-order valence-electron chi connectivity index (χ3n) is 4.74. The number of anilines is 1. The highest BCUT2D eigenvalue weighted by Crippen LogP contribution is 2.28. The molecule has 4 nitrogen and oxygen atoms in total. The lowest BCUT2D eigenvalue weighted by Crippen LogP contribution is -2.35. The van der Waals surface area contributed by atoms with Crippen LogP contribution in [0.1, 0.15) is 57.4 Å². The molecule has 1 fully saturated rings. The van der Waals surface area contributed by atoms with Crippen molar-refractivity contribution in [2.75, 3.05) is 5.32 Å². The normalized spacial score (nSPS) is 23.4. The van der Waals surface area contributed by atoms with E-state index in [0.717, 1.165) is 43.4 Å². The molecule has 1 aromatic rings. The third kappa shape index (κ3) is 3.63. The Morgan fingerprint density at radius 1 is 1.09 bits per heavy atom. The Morgan fingerprint density at radius 3 is 2.50 bits per heavy atom. The minimum Gasteiger partial charge on any atom is -0.382 e. The van der Waals surface area contributed by atoms with Crippen molar-refractivity contribution in [3.8, 4) is 0 Å². The van der Waals surface area contributed by atoms with Crippen molar-refractivity contribution in [1.29, 1.82) is 0 Å². The molecule has 122 valence electrons. The predicted octanol–water partition coefficient (Wildman–Crippen LogP) is 3.43. The van der Waals surface area contributed by atoms with Crippen molar-refractivity contribution < 1.29 is 8.42 Å². The number of fused-ring (bicyclic) bond motifs is 1. The number of benzene rings is 1. The van der Waals surface area contributed by atoms with Gasteiger partial charge in [0.2, 0.25) is 10.0 Å². The summed E-state index contributed by atoms with van der Waals surface area (Å²) >= 11 is 0. The molecule has 2 N–H and O–H groups in total. The molecule has 5 heteroatoms. The lowest BCUT2D eigenvalue weighted by atomic mass is 9.97. The fourth-order valence-electron chi connectivity index (χ4n) is 3.55. The van der Waals surface area contributed by atoms with Crippen molar-refractivity contribution >= 4 is 15.7 Å². The van der Waals surface area contributed by atoms with E-state index < -0.39 is 10.0 Å². The summed E-state index contributed by atoms with van der Waals surface area (Å²) in [5.74, 6) is 0. The molecular weight excluding hydrogens is 296 g/mol. The standard InChI is InChI=1S/C17H26N2O2S/c1-13-11-14-12-16(9-10-17(14)18-13)22(20,21)19-15-7-5-3-2-4-6-8-15/h9-10,12-13,15,18-19H,2-8,11H2,1H3/t13-/m1/s1. The molecule has 0 amide bonds. The van der Waals surface area contributed by atoms with Gasteiger partial charge in [0.05, 0.1) is 4.90 Å². The van der Waals surface area contributed by atoms with Crippen molar-refractivity contribution in [3.63, 3.8) is 0 Å². The van der Waals surface area contributed by atoms with Crippen LogP contribution in [0.3, 0.4) is 0 Å². The maximum Gasteiger partial charge on any atom is 0.240 e. The van der Waals surface area contributed by atoms with E-state index in [1.807, 2.05) is 12.1 Å². The molecule has 1 saturated carbocycles. The van der Waals surface area contributed by atoms with Crippen molar-refractivity contribution in [2.24, 2.45) is 0 Å². The first-order chi connectivity index (χ1) is 10.5. The Hall–Kier alpha value is -1.07. The van der Waals surface area contributed by atoms with Gasteiger partial charge in [-0.25, -0.2) is 13.1 Å². The summed E-state index contributed by atoms with van der Waals surface area (Å²) in [7, 11) is -3.40. The van der Waals surface area contributed by atoms with Gasteiger partial charge in [0.25, 0.3) is 0 Å². The summed E-state index contributed by atoms with van der Waals surface area (Å²) in [6, 6.07) is 5.92. The van der Waals surface area contributed by atoms with Gasteiger partial charge in [-0.05, 0) is 49.9 Å². The third-order valence-corrected chi connectivity index (χ3v) is 6.26. The summed E-state index contributed by atoms with van der Waals surface area (Å²) in [6.07, 6.45) is 8.79. The minimum absolute atomic E-state index is 0.0932. The van der Waals surface area contributed by atoms with E-state index in [0.29, 0.717) is 10.9 Å². The van der Waals surface area contributed by atoms with Crippen LogP contribution in [0.25, 0.3) is 0 Å². The van der Waals surface area contributed by atoms with Gasteiger partial charge in [0.15, 0.2) is 0 Å². The topological polar surface area (TPSA) is 58.2 Å². The molecule has 0 bridgehead atoms. The van der Waals surface area contributed by atoms with E-state index in [1.165, 1.54) is 19.3 Å². The molecule has 22 heavy (non-hydrogen) atoms. The number of hydrogen-bond acceptors (Lipinski definition) is 3. The van der Waals surface area contributed by atoms with Crippen LogP contribution in [0.4, 0.5) is 5.69 Å².